The number of primary amides is 1. The van der Waals surface area contributed by atoms with Crippen LogP contribution in [0.5, 0.6) is 0 Å². The number of nitrogens with two attached hydrogens (primary N) is 2. The quantitative estimate of drug-likeness (QED) is 0.0988. The molecule has 16 heteroatoms. The molecule has 0 spiro atoms. The SMILES string of the molecule is CC(CN(C(=O)CC[C@@H](NC(=O)[C@H](C)N)C(N)=O)[C@@H](C)C(=O)O)O[C@H]1[C@H](O)[C@@H](CO)O[C@H](O)[C@@H]1NC(=O)c1ccccc1. The van der Waals surface area contributed by atoms with E-state index in [9.17, 15) is 44.4 Å². The average molecular weight is 612 g/mol. The zero-order chi connectivity index (χ0) is 32.4. The van der Waals surface area contributed by atoms with E-state index in [0.717, 1.165) is 4.90 Å². The lowest BCUT2D eigenvalue weighted by Crippen LogP contribution is -2.65. The fourth-order valence-corrected chi connectivity index (χ4v) is 4.42. The third kappa shape index (κ3) is 9.94. The summed E-state index contributed by atoms with van der Waals surface area (Å²) in [6, 6.07) is 3.16. The van der Waals surface area contributed by atoms with Gasteiger partial charge in [0.05, 0.1) is 18.8 Å². The minimum atomic E-state index is -1.70. The lowest BCUT2D eigenvalue weighted by Gasteiger charge is -2.44. The van der Waals surface area contributed by atoms with Crippen LogP contribution in [0.4, 0.5) is 0 Å². The third-order valence-electron chi connectivity index (χ3n) is 6.92. The number of carboxylic acids is 1. The number of nitrogens with zero attached hydrogens (tertiary/aromatic N) is 1. The van der Waals surface area contributed by atoms with Crippen LogP contribution in [0.25, 0.3) is 0 Å². The first-order valence-electron chi connectivity index (χ1n) is 13.7. The highest BCUT2D eigenvalue weighted by Crippen LogP contribution is 2.25. The van der Waals surface area contributed by atoms with Crippen LogP contribution in [0.3, 0.4) is 0 Å². The molecule has 43 heavy (non-hydrogen) atoms. The monoisotopic (exact) mass is 611 g/mol. The second-order valence-electron chi connectivity index (χ2n) is 10.4. The van der Waals surface area contributed by atoms with Crippen molar-refractivity contribution in [1.29, 1.82) is 0 Å². The number of aliphatic hydroxyl groups excluding tert-OH is 3. The van der Waals surface area contributed by atoms with Crippen molar-refractivity contribution in [2.45, 2.75) is 88.5 Å². The van der Waals surface area contributed by atoms with E-state index in [0.29, 0.717) is 0 Å². The highest BCUT2D eigenvalue weighted by atomic mass is 16.6. The predicted octanol–water partition coefficient (Wildman–Crippen LogP) is -2.97. The zero-order valence-corrected chi connectivity index (χ0v) is 24.2. The first kappa shape index (κ1) is 35.5. The molecule has 16 nitrogen and oxygen atoms in total. The van der Waals surface area contributed by atoms with E-state index in [-0.39, 0.29) is 24.9 Å². The van der Waals surface area contributed by atoms with Crippen LogP contribution in [0.1, 0.15) is 44.0 Å². The van der Waals surface area contributed by atoms with Crippen LogP contribution in [0, 0.1) is 0 Å². The molecule has 240 valence electrons. The topological polar surface area (TPSA) is 264 Å². The first-order chi connectivity index (χ1) is 20.2. The summed E-state index contributed by atoms with van der Waals surface area (Å²) in [6.07, 6.45) is -7.46. The van der Waals surface area contributed by atoms with E-state index < -0.39 is 91.1 Å². The van der Waals surface area contributed by atoms with Crippen molar-refractivity contribution < 1.29 is 53.9 Å². The minimum Gasteiger partial charge on any atom is -0.480 e. The van der Waals surface area contributed by atoms with Gasteiger partial charge in [-0.3, -0.25) is 19.2 Å². The normalized spacial score (nSPS) is 24.6. The average Bonchev–Trinajstić information content (AvgIpc) is 2.96. The maximum Gasteiger partial charge on any atom is 0.326 e. The molecular weight excluding hydrogens is 570 g/mol. The Morgan fingerprint density at radius 2 is 1.72 bits per heavy atom. The Morgan fingerprint density at radius 3 is 2.26 bits per heavy atom. The van der Waals surface area contributed by atoms with Gasteiger partial charge in [-0.15, -0.1) is 0 Å². The van der Waals surface area contributed by atoms with Crippen molar-refractivity contribution in [3.8, 4) is 0 Å². The molecule has 1 heterocycles. The zero-order valence-electron chi connectivity index (χ0n) is 24.2. The molecule has 1 fully saturated rings. The molecule has 0 radical (unpaired) electrons. The van der Waals surface area contributed by atoms with Crippen molar-refractivity contribution >= 4 is 29.6 Å². The van der Waals surface area contributed by atoms with E-state index in [1.165, 1.54) is 32.9 Å². The Balaban J connectivity index is 2.21. The number of nitrogens with one attached hydrogen (secondary N) is 2. The number of carboxylic acid groups (broad SMARTS) is 1. The lowest BCUT2D eigenvalue weighted by molar-refractivity contribution is -0.267. The maximum absolute atomic E-state index is 13.2. The van der Waals surface area contributed by atoms with Gasteiger partial charge in [0.15, 0.2) is 6.29 Å². The van der Waals surface area contributed by atoms with Gasteiger partial charge in [-0.05, 0) is 39.3 Å². The summed E-state index contributed by atoms with van der Waals surface area (Å²) in [5.41, 5.74) is 11.1. The number of hydrogen-bond acceptors (Lipinski definition) is 11. The molecule has 0 bridgehead atoms. The smallest absolute Gasteiger partial charge is 0.326 e. The van der Waals surface area contributed by atoms with Gasteiger partial charge in [-0.2, -0.15) is 0 Å². The summed E-state index contributed by atoms with van der Waals surface area (Å²) in [5, 5.41) is 45.6. The van der Waals surface area contributed by atoms with Crippen LogP contribution in [-0.2, 0) is 28.7 Å². The summed E-state index contributed by atoms with van der Waals surface area (Å²) < 4.78 is 11.2. The van der Waals surface area contributed by atoms with Crippen molar-refractivity contribution in [1.82, 2.24) is 15.5 Å². The van der Waals surface area contributed by atoms with Gasteiger partial charge in [0.25, 0.3) is 5.91 Å². The Bertz CT molecular complexity index is 1120. The van der Waals surface area contributed by atoms with E-state index in [4.69, 9.17) is 20.9 Å². The fraction of sp³-hybridized carbons (Fsp3) is 0.593. The van der Waals surface area contributed by atoms with E-state index >= 15 is 0 Å². The van der Waals surface area contributed by atoms with Crippen LogP contribution in [0.15, 0.2) is 30.3 Å². The third-order valence-corrected chi connectivity index (χ3v) is 6.92. The fourth-order valence-electron chi connectivity index (χ4n) is 4.42. The summed E-state index contributed by atoms with van der Waals surface area (Å²) >= 11 is 0. The summed E-state index contributed by atoms with van der Waals surface area (Å²) in [5.74, 6) is -4.24. The molecule has 1 aliphatic heterocycles. The standard InChI is InChI=1S/C27H41N5O11/c1-13(11-32(15(3)26(39)40)19(34)10-9-17(23(29)36)30-24(37)14(2)28)42-22-20(27(41)43-18(12-33)21(22)35)31-25(38)16-7-5-4-6-8-16/h4-8,13-15,17-18,20-22,27,33,35,41H,9-12,28H2,1-3H3,(H2,29,36)(H,30,37)(H,31,38)(H,39,40)/t13?,14-,15-,17+,18+,20+,21+,22+,27-/m0/s1. The highest BCUT2D eigenvalue weighted by molar-refractivity contribution is 5.94. The molecule has 4 amide bonds. The van der Waals surface area contributed by atoms with E-state index in [1.807, 2.05) is 0 Å². The number of aliphatic hydroxyl groups is 3. The van der Waals surface area contributed by atoms with E-state index in [1.54, 1.807) is 18.2 Å². The van der Waals surface area contributed by atoms with E-state index in [2.05, 4.69) is 10.6 Å². The Kier molecular flexibility index (Phi) is 13.4. The number of hydrogen-bond donors (Lipinski definition) is 8. The molecule has 9 atom stereocenters. The summed E-state index contributed by atoms with van der Waals surface area (Å²) in [7, 11) is 0. The van der Waals surface area contributed by atoms with Gasteiger partial charge in [0, 0.05) is 18.5 Å². The van der Waals surface area contributed by atoms with Crippen molar-refractivity contribution in [3.05, 3.63) is 35.9 Å². The Hall–Kier alpha value is -3.67. The van der Waals surface area contributed by atoms with Gasteiger partial charge in [0.1, 0.15) is 36.4 Å². The molecule has 0 aliphatic carbocycles. The van der Waals surface area contributed by atoms with Gasteiger partial charge in [0.2, 0.25) is 17.7 Å². The van der Waals surface area contributed by atoms with Crippen molar-refractivity contribution in [2.24, 2.45) is 11.5 Å². The Labute approximate surface area is 248 Å². The number of carbonyl (C=O) groups excluding carboxylic acids is 4. The lowest BCUT2D eigenvalue weighted by atomic mass is 9.96. The number of aliphatic carboxylic acids is 1. The second-order valence-corrected chi connectivity index (χ2v) is 10.4. The van der Waals surface area contributed by atoms with Gasteiger partial charge >= 0.3 is 5.97 Å². The number of carbonyl (C=O) groups is 5. The Morgan fingerprint density at radius 1 is 1.09 bits per heavy atom. The van der Waals surface area contributed by atoms with Gasteiger partial charge in [-0.1, -0.05) is 18.2 Å². The number of amides is 4. The predicted molar refractivity (Wildman–Crippen MR) is 149 cm³/mol. The minimum absolute atomic E-state index is 0.235. The molecule has 1 aromatic carbocycles. The highest BCUT2D eigenvalue weighted by Gasteiger charge is 2.47. The molecule has 10 N–H and O–H groups in total. The molecule has 0 aromatic heterocycles. The first-order valence-corrected chi connectivity index (χ1v) is 13.7. The summed E-state index contributed by atoms with van der Waals surface area (Å²) in [4.78, 5) is 62.5. The molecule has 1 aliphatic rings. The van der Waals surface area contributed by atoms with Crippen LogP contribution < -0.4 is 22.1 Å². The second kappa shape index (κ2) is 16.3. The van der Waals surface area contributed by atoms with Crippen molar-refractivity contribution in [2.75, 3.05) is 13.2 Å². The largest absolute Gasteiger partial charge is 0.480 e. The molecule has 1 unspecified atom stereocenters. The summed E-state index contributed by atoms with van der Waals surface area (Å²) in [6.45, 7) is 3.11. The van der Waals surface area contributed by atoms with Crippen LogP contribution >= 0.6 is 0 Å². The van der Waals surface area contributed by atoms with Crippen LogP contribution in [-0.4, -0.2) is 123 Å². The number of benzene rings is 1. The maximum atomic E-state index is 13.2. The molecule has 0 saturated carbocycles. The van der Waals surface area contributed by atoms with Gasteiger partial charge in [-0.25, -0.2) is 4.79 Å². The molecule has 2 rings (SSSR count). The number of rotatable bonds is 15. The molecule has 1 saturated heterocycles. The number of ether oxygens (including phenoxy) is 2. The van der Waals surface area contributed by atoms with Crippen LogP contribution in [0.2, 0.25) is 0 Å². The van der Waals surface area contributed by atoms with Gasteiger partial charge < -0.3 is 56.9 Å². The van der Waals surface area contributed by atoms with Crippen molar-refractivity contribution in [3.63, 3.8) is 0 Å². The molecule has 1 aromatic rings. The molecular formula is C27H41N5O11.